The molecule has 0 saturated carbocycles. The number of carbonyl (C=O) groups excluding carboxylic acids is 2. The molecular weight excluding hydrogens is 281 g/mol. The molecule has 0 spiro atoms. The van der Waals surface area contributed by atoms with Crippen LogP contribution in [0, 0.1) is 5.82 Å². The summed E-state index contributed by atoms with van der Waals surface area (Å²) in [6.07, 6.45) is 0.585. The molecule has 9 heteroatoms. The Morgan fingerprint density at radius 1 is 1.33 bits per heavy atom. The first-order chi connectivity index (χ1) is 9.99. The van der Waals surface area contributed by atoms with E-state index >= 15 is 0 Å². The van der Waals surface area contributed by atoms with Gasteiger partial charge in [-0.15, -0.1) is 5.10 Å². The Morgan fingerprint density at radius 2 is 2.10 bits per heavy atom. The van der Waals surface area contributed by atoms with Crippen LogP contribution in [0.15, 0.2) is 24.5 Å². The second kappa shape index (κ2) is 5.99. The number of halogens is 1. The molecule has 1 aromatic carbocycles. The number of amides is 2. The number of carbonyl (C=O) groups is 2. The summed E-state index contributed by atoms with van der Waals surface area (Å²) in [5.74, 6) is -1.31. The number of anilines is 2. The molecule has 0 aliphatic rings. The van der Waals surface area contributed by atoms with Crippen molar-refractivity contribution in [3.05, 3.63) is 36.2 Å². The molecule has 2 N–H and O–H groups in total. The minimum absolute atomic E-state index is 0.0327. The molecule has 0 fully saturated rings. The van der Waals surface area contributed by atoms with E-state index in [1.807, 2.05) is 0 Å². The largest absolute Gasteiger partial charge is 0.453 e. The quantitative estimate of drug-likeness (QED) is 0.891. The lowest BCUT2D eigenvalue weighted by molar-refractivity contribution is 0.101. The predicted molar refractivity (Wildman–Crippen MR) is 71.4 cm³/mol. The number of aromatic nitrogens is 3. The summed E-state index contributed by atoms with van der Waals surface area (Å²) in [5.41, 5.74) is 0.149. The first-order valence-corrected chi connectivity index (χ1v) is 5.81. The van der Waals surface area contributed by atoms with Gasteiger partial charge >= 0.3 is 6.09 Å². The molecule has 0 saturated heterocycles. The lowest BCUT2D eigenvalue weighted by atomic mass is 10.2. The first kappa shape index (κ1) is 14.4. The van der Waals surface area contributed by atoms with Crippen molar-refractivity contribution in [3.8, 4) is 0 Å². The molecule has 2 rings (SSSR count). The normalized spacial score (nSPS) is 10.0. The zero-order valence-electron chi connectivity index (χ0n) is 11.3. The van der Waals surface area contributed by atoms with Gasteiger partial charge in [0, 0.05) is 12.7 Å². The Kier molecular flexibility index (Phi) is 4.12. The SMILES string of the molecule is COC(=O)Nc1ccc(NC(=O)c2ncn(C)n2)cc1F. The van der Waals surface area contributed by atoms with Crippen LogP contribution in [0.3, 0.4) is 0 Å². The van der Waals surface area contributed by atoms with Gasteiger partial charge in [0.25, 0.3) is 5.91 Å². The lowest BCUT2D eigenvalue weighted by Crippen LogP contribution is -2.15. The molecule has 0 radical (unpaired) electrons. The minimum Gasteiger partial charge on any atom is -0.453 e. The first-order valence-electron chi connectivity index (χ1n) is 5.81. The van der Waals surface area contributed by atoms with Crippen LogP contribution in [0.5, 0.6) is 0 Å². The Morgan fingerprint density at radius 3 is 2.67 bits per heavy atom. The molecule has 0 aliphatic carbocycles. The van der Waals surface area contributed by atoms with E-state index in [1.54, 1.807) is 7.05 Å². The molecule has 8 nitrogen and oxygen atoms in total. The van der Waals surface area contributed by atoms with Crippen molar-refractivity contribution < 1.29 is 18.7 Å². The van der Waals surface area contributed by atoms with E-state index < -0.39 is 17.8 Å². The van der Waals surface area contributed by atoms with E-state index in [2.05, 4.69) is 25.5 Å². The highest BCUT2D eigenvalue weighted by Gasteiger charge is 2.13. The van der Waals surface area contributed by atoms with Crippen molar-refractivity contribution >= 4 is 23.4 Å². The Hall–Kier alpha value is -2.97. The van der Waals surface area contributed by atoms with Gasteiger partial charge in [-0.05, 0) is 18.2 Å². The van der Waals surface area contributed by atoms with Gasteiger partial charge in [-0.3, -0.25) is 14.8 Å². The molecule has 110 valence electrons. The molecule has 1 aromatic heterocycles. The summed E-state index contributed by atoms with van der Waals surface area (Å²) in [7, 11) is 2.79. The van der Waals surface area contributed by atoms with E-state index in [9.17, 15) is 14.0 Å². The predicted octanol–water partition coefficient (Wildman–Crippen LogP) is 1.38. The molecular formula is C12H12FN5O3. The third-order valence-electron chi connectivity index (χ3n) is 2.45. The van der Waals surface area contributed by atoms with Gasteiger partial charge in [-0.1, -0.05) is 0 Å². The van der Waals surface area contributed by atoms with Crippen LogP contribution in [0.2, 0.25) is 0 Å². The molecule has 2 amide bonds. The third-order valence-corrected chi connectivity index (χ3v) is 2.45. The Balaban J connectivity index is 2.09. The van der Waals surface area contributed by atoms with Gasteiger partial charge in [0.2, 0.25) is 5.82 Å². The van der Waals surface area contributed by atoms with Crippen molar-refractivity contribution in [2.45, 2.75) is 0 Å². The van der Waals surface area contributed by atoms with Crippen LogP contribution in [0.4, 0.5) is 20.6 Å². The number of aryl methyl sites for hydroxylation is 1. The fourth-order valence-corrected chi connectivity index (χ4v) is 1.49. The summed E-state index contributed by atoms with van der Waals surface area (Å²) in [5, 5.41) is 8.47. The molecule has 0 unspecified atom stereocenters. The van der Waals surface area contributed by atoms with Gasteiger partial charge in [-0.25, -0.2) is 14.2 Å². The summed E-state index contributed by atoms with van der Waals surface area (Å²) in [4.78, 5) is 26.6. The smallest absolute Gasteiger partial charge is 0.411 e. The molecule has 2 aromatic rings. The second-order valence-electron chi connectivity index (χ2n) is 4.01. The number of rotatable bonds is 3. The van der Waals surface area contributed by atoms with Crippen molar-refractivity contribution in [1.82, 2.24) is 14.8 Å². The molecule has 21 heavy (non-hydrogen) atoms. The molecule has 1 heterocycles. The summed E-state index contributed by atoms with van der Waals surface area (Å²) >= 11 is 0. The number of nitrogens with zero attached hydrogens (tertiary/aromatic N) is 3. The van der Waals surface area contributed by atoms with Gasteiger partial charge in [0.1, 0.15) is 12.1 Å². The third kappa shape index (κ3) is 3.53. The molecule has 0 bridgehead atoms. The standard InChI is InChI=1S/C12H12FN5O3/c1-18-6-14-10(17-18)11(19)15-7-3-4-9(8(13)5-7)16-12(20)21-2/h3-6H,1-2H3,(H,15,19)(H,16,20). The van der Waals surface area contributed by atoms with Gasteiger partial charge in [0.15, 0.2) is 0 Å². The van der Waals surface area contributed by atoms with Crippen LogP contribution in [-0.2, 0) is 11.8 Å². The molecule has 0 aliphatic heterocycles. The average Bonchev–Trinajstić information content (AvgIpc) is 2.88. The molecule has 0 atom stereocenters. The number of hydrogen-bond donors (Lipinski definition) is 2. The number of methoxy groups -OCH3 is 1. The van der Waals surface area contributed by atoms with E-state index in [0.717, 1.165) is 6.07 Å². The fourth-order valence-electron chi connectivity index (χ4n) is 1.49. The van der Waals surface area contributed by atoms with Crippen molar-refractivity contribution in [2.75, 3.05) is 17.7 Å². The highest BCUT2D eigenvalue weighted by Crippen LogP contribution is 2.19. The average molecular weight is 293 g/mol. The summed E-state index contributed by atoms with van der Waals surface area (Å²) in [6, 6.07) is 3.79. The number of nitrogens with one attached hydrogen (secondary N) is 2. The van der Waals surface area contributed by atoms with Gasteiger partial charge in [-0.2, -0.15) is 0 Å². The maximum Gasteiger partial charge on any atom is 0.411 e. The summed E-state index contributed by atoms with van der Waals surface area (Å²) < 4.78 is 19.5. The summed E-state index contributed by atoms with van der Waals surface area (Å²) in [6.45, 7) is 0. The number of hydrogen-bond acceptors (Lipinski definition) is 5. The highest BCUT2D eigenvalue weighted by atomic mass is 19.1. The fraction of sp³-hybridized carbons (Fsp3) is 0.167. The zero-order valence-corrected chi connectivity index (χ0v) is 11.3. The van der Waals surface area contributed by atoms with Crippen molar-refractivity contribution in [3.63, 3.8) is 0 Å². The van der Waals surface area contributed by atoms with Crippen LogP contribution >= 0.6 is 0 Å². The monoisotopic (exact) mass is 293 g/mol. The minimum atomic E-state index is -0.789. The van der Waals surface area contributed by atoms with Crippen LogP contribution in [0.1, 0.15) is 10.6 Å². The van der Waals surface area contributed by atoms with Crippen molar-refractivity contribution in [2.24, 2.45) is 7.05 Å². The van der Waals surface area contributed by atoms with Crippen LogP contribution in [0.25, 0.3) is 0 Å². The van der Waals surface area contributed by atoms with E-state index in [-0.39, 0.29) is 17.2 Å². The second-order valence-corrected chi connectivity index (χ2v) is 4.01. The van der Waals surface area contributed by atoms with Crippen molar-refractivity contribution in [1.29, 1.82) is 0 Å². The zero-order chi connectivity index (χ0) is 15.4. The highest BCUT2D eigenvalue weighted by molar-refractivity contribution is 6.01. The maximum atomic E-state index is 13.7. The van der Waals surface area contributed by atoms with Crippen LogP contribution < -0.4 is 10.6 Å². The Bertz CT molecular complexity index is 685. The van der Waals surface area contributed by atoms with E-state index in [0.29, 0.717) is 0 Å². The van der Waals surface area contributed by atoms with Gasteiger partial charge in [0.05, 0.1) is 12.8 Å². The van der Waals surface area contributed by atoms with E-state index in [4.69, 9.17) is 0 Å². The van der Waals surface area contributed by atoms with Gasteiger partial charge < -0.3 is 10.1 Å². The number of ether oxygens (including phenoxy) is 1. The lowest BCUT2D eigenvalue weighted by Gasteiger charge is -2.07. The number of benzene rings is 1. The van der Waals surface area contributed by atoms with E-state index in [1.165, 1.54) is 30.3 Å². The Labute approximate surface area is 118 Å². The topological polar surface area (TPSA) is 98.1 Å². The van der Waals surface area contributed by atoms with Crippen LogP contribution in [-0.4, -0.2) is 33.9 Å². The maximum absolute atomic E-state index is 13.7.